The zero-order valence-electron chi connectivity index (χ0n) is 13.6. The average Bonchev–Trinajstić information content (AvgIpc) is 3.17. The van der Waals surface area contributed by atoms with Crippen LogP contribution in [-0.4, -0.2) is 9.67 Å². The molecular weight excluding hydrogens is 390 g/mol. The maximum Gasteiger partial charge on any atom is 0.289 e. The van der Waals surface area contributed by atoms with Gasteiger partial charge in [0.05, 0.1) is 11.8 Å². The van der Waals surface area contributed by atoms with Crippen LogP contribution in [-0.2, 0) is 6.42 Å². The molecule has 0 saturated carbocycles. The highest BCUT2D eigenvalue weighted by molar-refractivity contribution is 9.10. The zero-order chi connectivity index (χ0) is 17.4. The summed E-state index contributed by atoms with van der Waals surface area (Å²) < 4.78 is 7.88. The molecule has 6 heteroatoms. The van der Waals surface area contributed by atoms with Crippen LogP contribution in [0.25, 0.3) is 22.3 Å². The number of aromatic nitrogens is 4. The predicted molar refractivity (Wildman–Crippen MR) is 97.1 cm³/mol. The lowest BCUT2D eigenvalue weighted by Crippen LogP contribution is -2.50. The topological polar surface area (TPSA) is 49.4 Å². The van der Waals surface area contributed by atoms with E-state index in [1.165, 1.54) is 22.3 Å². The first-order valence-electron chi connectivity index (χ1n) is 8.42. The maximum absolute atomic E-state index is 9.21. The molecule has 122 valence electrons. The van der Waals surface area contributed by atoms with Crippen molar-refractivity contribution < 1.29 is 9.25 Å². The Bertz CT molecular complexity index is 1300. The van der Waals surface area contributed by atoms with Gasteiger partial charge in [-0.15, -0.1) is 4.68 Å². The van der Waals surface area contributed by atoms with Gasteiger partial charge in [0.15, 0.2) is 11.9 Å². The van der Waals surface area contributed by atoms with Crippen LogP contribution < -0.4 is 9.25 Å². The van der Waals surface area contributed by atoms with E-state index in [9.17, 15) is 5.26 Å². The van der Waals surface area contributed by atoms with Crippen molar-refractivity contribution in [3.8, 4) is 17.4 Å². The maximum atomic E-state index is 9.21. The van der Waals surface area contributed by atoms with Gasteiger partial charge in [0.1, 0.15) is 23.0 Å². The highest BCUT2D eigenvalue weighted by Gasteiger charge is 2.50. The number of benzene rings is 1. The van der Waals surface area contributed by atoms with Gasteiger partial charge in [-0.3, -0.25) is 0 Å². The Morgan fingerprint density at radius 1 is 1.23 bits per heavy atom. The normalized spacial score (nSPS) is 16.1. The molecule has 2 aliphatic heterocycles. The number of hydrogen-bond acceptors (Lipinski definition) is 2. The molecule has 0 amide bonds. The second kappa shape index (κ2) is 4.77. The number of hydrogen-bond donors (Lipinski definition) is 0. The lowest BCUT2D eigenvalue weighted by Gasteiger charge is -2.13. The van der Waals surface area contributed by atoms with E-state index < -0.39 is 0 Å². The van der Waals surface area contributed by atoms with E-state index in [0.29, 0.717) is 5.69 Å². The Hall–Kier alpha value is -3.04. The second-order valence-corrected chi connectivity index (χ2v) is 7.58. The molecule has 3 aromatic heterocycles. The second-order valence-electron chi connectivity index (χ2n) is 6.67. The molecule has 1 aromatic carbocycles. The standard InChI is InChI=1S/C20H12BrN5/c21-13-3-5-16-12(8-13)11-25-19-9-15-17(6-4-14(10-22)23-15)24-7-1-2-18(20(19)24)26(16)25/h1-8,11,19H,9H2/q+2. The van der Waals surface area contributed by atoms with Gasteiger partial charge in [-0.2, -0.15) is 9.83 Å². The van der Waals surface area contributed by atoms with E-state index in [-0.39, 0.29) is 6.04 Å². The van der Waals surface area contributed by atoms with Gasteiger partial charge in [-0.25, -0.2) is 4.98 Å². The van der Waals surface area contributed by atoms with Crippen LogP contribution >= 0.6 is 15.9 Å². The first-order chi connectivity index (χ1) is 12.7. The van der Waals surface area contributed by atoms with Crippen molar-refractivity contribution in [1.82, 2.24) is 9.67 Å². The van der Waals surface area contributed by atoms with Crippen LogP contribution in [0.15, 0.2) is 59.3 Å². The number of nitrogens with zero attached hydrogens (tertiary/aromatic N) is 5. The van der Waals surface area contributed by atoms with Crippen molar-refractivity contribution in [1.29, 1.82) is 5.26 Å². The third-order valence-electron chi connectivity index (χ3n) is 5.31. The Kier molecular flexibility index (Phi) is 2.60. The Morgan fingerprint density at radius 3 is 3.04 bits per heavy atom. The summed E-state index contributed by atoms with van der Waals surface area (Å²) in [4.78, 5) is 4.58. The van der Waals surface area contributed by atoms with E-state index in [1.54, 1.807) is 6.07 Å². The first kappa shape index (κ1) is 14.2. The SMILES string of the molecule is N#Cc1ccc2c(n1)CC1c3c(ccc[n+]3-2)-n2c3ccc(Br)cc3c[n+]21. The van der Waals surface area contributed by atoms with Crippen LogP contribution in [0, 0.1) is 11.3 Å². The predicted octanol–water partition coefficient (Wildman–Crippen LogP) is 2.68. The fourth-order valence-electron chi connectivity index (χ4n) is 4.28. The van der Waals surface area contributed by atoms with Crippen LogP contribution in [0.1, 0.15) is 23.1 Å². The number of rotatable bonds is 0. The minimum Gasteiger partial charge on any atom is -0.235 e. The molecule has 0 radical (unpaired) electrons. The molecule has 5 heterocycles. The minimum absolute atomic E-state index is 0.173. The summed E-state index contributed by atoms with van der Waals surface area (Å²) in [7, 11) is 0. The van der Waals surface area contributed by atoms with Gasteiger partial charge in [-0.05, 0) is 30.3 Å². The summed E-state index contributed by atoms with van der Waals surface area (Å²) in [5.74, 6) is 0. The average molecular weight is 402 g/mol. The molecule has 5 nitrogen and oxygen atoms in total. The number of nitriles is 1. The Labute approximate surface area is 157 Å². The van der Waals surface area contributed by atoms with Crippen molar-refractivity contribution in [3.63, 3.8) is 0 Å². The molecule has 2 aliphatic rings. The summed E-state index contributed by atoms with van der Waals surface area (Å²) >= 11 is 3.57. The van der Waals surface area contributed by atoms with Crippen molar-refractivity contribution in [2.24, 2.45) is 0 Å². The van der Waals surface area contributed by atoms with E-state index in [1.807, 2.05) is 6.07 Å². The van der Waals surface area contributed by atoms with Gasteiger partial charge in [0.2, 0.25) is 11.9 Å². The summed E-state index contributed by atoms with van der Waals surface area (Å²) in [5.41, 5.74) is 6.16. The third kappa shape index (κ3) is 1.66. The van der Waals surface area contributed by atoms with Crippen LogP contribution in [0.3, 0.4) is 0 Å². The van der Waals surface area contributed by atoms with Crippen LogP contribution in [0.2, 0.25) is 0 Å². The van der Waals surface area contributed by atoms with E-state index in [2.05, 4.69) is 83.6 Å². The molecule has 4 aromatic rings. The van der Waals surface area contributed by atoms with E-state index in [0.717, 1.165) is 22.3 Å². The molecule has 26 heavy (non-hydrogen) atoms. The van der Waals surface area contributed by atoms with Gasteiger partial charge < -0.3 is 0 Å². The van der Waals surface area contributed by atoms with Crippen LogP contribution in [0.5, 0.6) is 0 Å². The van der Waals surface area contributed by atoms with Crippen molar-refractivity contribution in [3.05, 3.63) is 76.4 Å². The third-order valence-corrected chi connectivity index (χ3v) is 5.80. The van der Waals surface area contributed by atoms with Crippen LogP contribution in [0.4, 0.5) is 0 Å². The Morgan fingerprint density at radius 2 is 2.15 bits per heavy atom. The van der Waals surface area contributed by atoms with Gasteiger partial charge in [-0.1, -0.05) is 20.6 Å². The lowest BCUT2D eigenvalue weighted by atomic mass is 9.99. The molecule has 0 spiro atoms. The minimum atomic E-state index is 0.173. The molecule has 0 aliphatic carbocycles. The quantitative estimate of drug-likeness (QED) is 0.425. The lowest BCUT2D eigenvalue weighted by molar-refractivity contribution is -0.785. The molecular formula is C20H12BrN5+2. The number of pyridine rings is 2. The molecule has 1 atom stereocenters. The molecule has 1 unspecified atom stereocenters. The molecule has 0 fully saturated rings. The van der Waals surface area contributed by atoms with Gasteiger partial charge in [0.25, 0.3) is 11.7 Å². The summed E-state index contributed by atoms with van der Waals surface area (Å²) in [6.45, 7) is 0. The fraction of sp³-hybridized carbons (Fsp3) is 0.100. The number of fused-ring (bicyclic) bond motifs is 7. The fourth-order valence-corrected chi connectivity index (χ4v) is 4.66. The molecule has 6 rings (SSSR count). The van der Waals surface area contributed by atoms with Crippen molar-refractivity contribution in [2.45, 2.75) is 12.5 Å². The summed E-state index contributed by atoms with van der Waals surface area (Å²) in [6.07, 6.45) is 5.07. The van der Waals surface area contributed by atoms with Crippen molar-refractivity contribution in [2.75, 3.05) is 0 Å². The summed E-state index contributed by atoms with van der Waals surface area (Å²) in [6, 6.07) is 16.7. The summed E-state index contributed by atoms with van der Waals surface area (Å²) in [5, 5.41) is 10.4. The molecule has 0 N–H and O–H groups in total. The Balaban J connectivity index is 1.69. The highest BCUT2D eigenvalue weighted by Crippen LogP contribution is 2.35. The smallest absolute Gasteiger partial charge is 0.235 e. The monoisotopic (exact) mass is 401 g/mol. The first-order valence-corrected chi connectivity index (χ1v) is 9.22. The van der Waals surface area contributed by atoms with E-state index >= 15 is 0 Å². The largest absolute Gasteiger partial charge is 0.289 e. The van der Waals surface area contributed by atoms with Crippen molar-refractivity contribution >= 4 is 26.8 Å². The van der Waals surface area contributed by atoms with Gasteiger partial charge >= 0.3 is 0 Å². The highest BCUT2D eigenvalue weighted by atomic mass is 79.9. The van der Waals surface area contributed by atoms with E-state index in [4.69, 9.17) is 0 Å². The molecule has 0 bridgehead atoms. The number of halogens is 1. The zero-order valence-corrected chi connectivity index (χ0v) is 15.2. The molecule has 0 saturated heterocycles. The van der Waals surface area contributed by atoms with Gasteiger partial charge in [0, 0.05) is 16.6 Å².